The number of nitrogens with one attached hydrogen (secondary N) is 3. The average Bonchev–Trinajstić information content (AvgIpc) is 2.29. The highest BCUT2D eigenvalue weighted by molar-refractivity contribution is 5.95. The first-order valence-corrected chi connectivity index (χ1v) is 5.03. The van der Waals surface area contributed by atoms with Crippen LogP contribution in [0, 0.1) is 11.3 Å². The second-order valence-electron chi connectivity index (χ2n) is 3.45. The van der Waals surface area contributed by atoms with Gasteiger partial charge in [-0.15, -0.1) is 0 Å². The normalized spacial score (nSPS) is 20.9. The van der Waals surface area contributed by atoms with Crippen LogP contribution in [0.3, 0.4) is 0 Å². The van der Waals surface area contributed by atoms with Gasteiger partial charge in [0.2, 0.25) is 5.91 Å². The molecule has 3 amide bonds. The van der Waals surface area contributed by atoms with Crippen LogP contribution in [0.2, 0.25) is 0 Å². The first-order chi connectivity index (χ1) is 7.67. The predicted octanol–water partition coefficient (Wildman–Crippen LogP) is -1.76. The Kier molecular flexibility index (Phi) is 4.69. The van der Waals surface area contributed by atoms with Gasteiger partial charge in [-0.25, -0.2) is 4.79 Å². The van der Waals surface area contributed by atoms with Gasteiger partial charge in [-0.3, -0.25) is 15.0 Å². The topological polar surface area (TPSA) is 97.3 Å². The summed E-state index contributed by atoms with van der Waals surface area (Å²) in [6.45, 7) is 1.97. The fourth-order valence-electron chi connectivity index (χ4n) is 1.48. The Labute approximate surface area is 93.8 Å². The van der Waals surface area contributed by atoms with E-state index in [-0.39, 0.29) is 12.6 Å². The molecule has 0 aliphatic carbocycles. The van der Waals surface area contributed by atoms with Crippen LogP contribution in [0.5, 0.6) is 0 Å². The molecule has 0 bridgehead atoms. The molecule has 88 valence electrons. The van der Waals surface area contributed by atoms with Crippen molar-refractivity contribution in [2.75, 3.05) is 33.2 Å². The Morgan fingerprint density at radius 2 is 2.38 bits per heavy atom. The highest BCUT2D eigenvalue weighted by atomic mass is 16.2. The Balaban J connectivity index is 2.43. The molecular weight excluding hydrogens is 210 g/mol. The van der Waals surface area contributed by atoms with Crippen molar-refractivity contribution in [3.05, 3.63) is 0 Å². The first-order valence-electron chi connectivity index (χ1n) is 5.03. The number of hydrogen-bond donors (Lipinski definition) is 3. The van der Waals surface area contributed by atoms with Gasteiger partial charge >= 0.3 is 6.03 Å². The van der Waals surface area contributed by atoms with E-state index in [1.54, 1.807) is 4.90 Å². The number of imide groups is 1. The van der Waals surface area contributed by atoms with Crippen molar-refractivity contribution in [2.45, 2.75) is 6.04 Å². The number of carbonyl (C=O) groups excluding carboxylic acids is 2. The fourth-order valence-corrected chi connectivity index (χ4v) is 1.48. The van der Waals surface area contributed by atoms with E-state index in [0.717, 1.165) is 6.54 Å². The molecule has 0 aromatic heterocycles. The fraction of sp³-hybridized carbons (Fsp3) is 0.667. The van der Waals surface area contributed by atoms with E-state index in [2.05, 4.69) is 22.0 Å². The highest BCUT2D eigenvalue weighted by Gasteiger charge is 2.23. The van der Waals surface area contributed by atoms with Crippen LogP contribution in [0.25, 0.3) is 0 Å². The summed E-state index contributed by atoms with van der Waals surface area (Å²) < 4.78 is 0. The van der Waals surface area contributed by atoms with Gasteiger partial charge in [0.15, 0.2) is 0 Å². The summed E-state index contributed by atoms with van der Waals surface area (Å²) in [6, 6.07) is 1.26. The van der Waals surface area contributed by atoms with E-state index in [1.807, 2.05) is 0 Å². The van der Waals surface area contributed by atoms with E-state index < -0.39 is 11.9 Å². The molecule has 3 N–H and O–H groups in total. The van der Waals surface area contributed by atoms with Crippen LogP contribution in [-0.2, 0) is 4.79 Å². The lowest BCUT2D eigenvalue weighted by Crippen LogP contribution is -2.54. The van der Waals surface area contributed by atoms with Crippen molar-refractivity contribution in [3.8, 4) is 6.07 Å². The minimum absolute atomic E-state index is 0.0628. The molecule has 1 aliphatic rings. The van der Waals surface area contributed by atoms with Gasteiger partial charge in [-0.1, -0.05) is 0 Å². The smallest absolute Gasteiger partial charge is 0.321 e. The maximum Gasteiger partial charge on any atom is 0.321 e. The molecule has 0 spiro atoms. The number of nitriles is 1. The van der Waals surface area contributed by atoms with Crippen LogP contribution >= 0.6 is 0 Å². The van der Waals surface area contributed by atoms with Crippen LogP contribution in [-0.4, -0.2) is 56.1 Å². The molecule has 1 unspecified atom stereocenters. The van der Waals surface area contributed by atoms with E-state index >= 15 is 0 Å². The summed E-state index contributed by atoms with van der Waals surface area (Å²) in [5.74, 6) is -0.401. The summed E-state index contributed by atoms with van der Waals surface area (Å²) in [5, 5.41) is 16.4. The molecule has 0 aromatic rings. The quantitative estimate of drug-likeness (QED) is 0.517. The monoisotopic (exact) mass is 225 g/mol. The van der Waals surface area contributed by atoms with Crippen LogP contribution in [0.4, 0.5) is 4.79 Å². The second kappa shape index (κ2) is 6.05. The molecule has 0 aromatic carbocycles. The van der Waals surface area contributed by atoms with E-state index in [1.165, 1.54) is 7.05 Å². The summed E-state index contributed by atoms with van der Waals surface area (Å²) in [5.41, 5.74) is 0. The summed E-state index contributed by atoms with van der Waals surface area (Å²) >= 11 is 0. The van der Waals surface area contributed by atoms with Crippen LogP contribution in [0.1, 0.15) is 0 Å². The lowest BCUT2D eigenvalue weighted by atomic mass is 10.2. The standard InChI is InChI=1S/C9H15N5O2/c1-11-9(16)13-8(15)6-14-3-2-12-5-7(14)4-10/h7,12H,2-3,5-6H2,1H3,(H2,11,13,15,16). The van der Waals surface area contributed by atoms with Gasteiger partial charge in [0.05, 0.1) is 12.6 Å². The highest BCUT2D eigenvalue weighted by Crippen LogP contribution is 2.00. The van der Waals surface area contributed by atoms with E-state index in [0.29, 0.717) is 13.1 Å². The number of carbonyl (C=O) groups is 2. The Hall–Kier alpha value is -1.65. The van der Waals surface area contributed by atoms with Gasteiger partial charge in [-0.05, 0) is 0 Å². The maximum atomic E-state index is 11.4. The van der Waals surface area contributed by atoms with Gasteiger partial charge in [0.25, 0.3) is 0 Å². The number of rotatable bonds is 2. The molecule has 16 heavy (non-hydrogen) atoms. The molecule has 1 atom stereocenters. The largest absolute Gasteiger partial charge is 0.341 e. The SMILES string of the molecule is CNC(=O)NC(=O)CN1CCNCC1C#N. The van der Waals surface area contributed by atoms with Gasteiger partial charge in [0.1, 0.15) is 6.04 Å². The summed E-state index contributed by atoms with van der Waals surface area (Å²) in [7, 11) is 1.44. The van der Waals surface area contributed by atoms with Gasteiger partial charge in [-0.2, -0.15) is 5.26 Å². The number of nitrogens with zero attached hydrogens (tertiary/aromatic N) is 2. The predicted molar refractivity (Wildman–Crippen MR) is 56.4 cm³/mol. The Morgan fingerprint density at radius 3 is 3.00 bits per heavy atom. The van der Waals surface area contributed by atoms with E-state index in [4.69, 9.17) is 5.26 Å². The molecule has 1 rings (SSSR count). The number of hydrogen-bond acceptors (Lipinski definition) is 5. The van der Waals surface area contributed by atoms with Gasteiger partial charge in [0, 0.05) is 26.7 Å². The molecule has 1 aliphatic heterocycles. The van der Waals surface area contributed by atoms with Crippen molar-refractivity contribution in [1.82, 2.24) is 20.9 Å². The molecule has 0 radical (unpaired) electrons. The Morgan fingerprint density at radius 1 is 1.62 bits per heavy atom. The lowest BCUT2D eigenvalue weighted by molar-refractivity contribution is -0.121. The minimum atomic E-state index is -0.534. The van der Waals surface area contributed by atoms with Crippen LogP contribution in [0.15, 0.2) is 0 Å². The van der Waals surface area contributed by atoms with Crippen molar-refractivity contribution in [1.29, 1.82) is 5.26 Å². The Bertz CT molecular complexity index is 312. The number of amides is 3. The third kappa shape index (κ3) is 3.49. The average molecular weight is 225 g/mol. The second-order valence-corrected chi connectivity index (χ2v) is 3.45. The van der Waals surface area contributed by atoms with Gasteiger partial charge < -0.3 is 10.6 Å². The minimum Gasteiger partial charge on any atom is -0.341 e. The molecule has 0 saturated carbocycles. The molecule has 7 nitrogen and oxygen atoms in total. The third-order valence-corrected chi connectivity index (χ3v) is 2.33. The summed E-state index contributed by atoms with van der Waals surface area (Å²) in [6.07, 6.45) is 0. The summed E-state index contributed by atoms with van der Waals surface area (Å²) in [4.78, 5) is 24.0. The molecule has 7 heteroatoms. The molecular formula is C9H15N5O2. The van der Waals surface area contributed by atoms with Crippen LogP contribution < -0.4 is 16.0 Å². The third-order valence-electron chi connectivity index (χ3n) is 2.33. The van der Waals surface area contributed by atoms with Crippen molar-refractivity contribution in [2.24, 2.45) is 0 Å². The molecule has 1 saturated heterocycles. The van der Waals surface area contributed by atoms with E-state index in [9.17, 15) is 9.59 Å². The lowest BCUT2D eigenvalue weighted by Gasteiger charge is -2.30. The zero-order chi connectivity index (χ0) is 12.0. The van der Waals surface area contributed by atoms with Crippen molar-refractivity contribution in [3.63, 3.8) is 0 Å². The van der Waals surface area contributed by atoms with Crippen molar-refractivity contribution < 1.29 is 9.59 Å². The molecule has 1 fully saturated rings. The van der Waals surface area contributed by atoms with Crippen molar-refractivity contribution >= 4 is 11.9 Å². The maximum absolute atomic E-state index is 11.4. The number of piperazine rings is 1. The molecule has 1 heterocycles. The first kappa shape index (κ1) is 12.4. The number of urea groups is 1. The zero-order valence-electron chi connectivity index (χ0n) is 9.12. The zero-order valence-corrected chi connectivity index (χ0v) is 9.12.